The minimum atomic E-state index is -4.72. The van der Waals surface area contributed by atoms with Gasteiger partial charge in [-0.1, -0.05) is 13.0 Å². The number of fused-ring (bicyclic) bond motifs is 1. The summed E-state index contributed by atoms with van der Waals surface area (Å²) in [6, 6.07) is 5.43. The number of hydrogen-bond acceptors (Lipinski definition) is 6. The van der Waals surface area contributed by atoms with Crippen LogP contribution in [0.25, 0.3) is 16.2 Å². The second kappa shape index (κ2) is 8.02. The van der Waals surface area contributed by atoms with Crippen molar-refractivity contribution in [1.82, 2.24) is 14.6 Å². The second-order valence-electron chi connectivity index (χ2n) is 6.81. The number of nitrogens with one attached hydrogen (secondary N) is 1. The molecule has 4 aromatic heterocycles. The fraction of sp³-hybridized carbons (Fsp3) is 0.200. The van der Waals surface area contributed by atoms with Crippen molar-refractivity contribution in [1.29, 1.82) is 0 Å². The fourth-order valence-corrected chi connectivity index (χ4v) is 5.19. The third-order valence-corrected chi connectivity index (χ3v) is 6.72. The highest BCUT2D eigenvalue weighted by molar-refractivity contribution is 7.17. The van der Waals surface area contributed by atoms with E-state index >= 15 is 0 Å². The van der Waals surface area contributed by atoms with Crippen LogP contribution >= 0.6 is 22.7 Å². The van der Waals surface area contributed by atoms with Gasteiger partial charge in [-0.15, -0.1) is 22.7 Å². The molecule has 0 aliphatic carbocycles. The molecule has 0 saturated carbocycles. The van der Waals surface area contributed by atoms with E-state index in [2.05, 4.69) is 15.4 Å². The molecule has 3 N–H and O–H groups in total. The van der Waals surface area contributed by atoms with Gasteiger partial charge in [-0.05, 0) is 36.4 Å². The van der Waals surface area contributed by atoms with Crippen LogP contribution in [0.1, 0.15) is 43.9 Å². The van der Waals surface area contributed by atoms with Gasteiger partial charge < -0.3 is 11.1 Å². The van der Waals surface area contributed by atoms with Gasteiger partial charge >= 0.3 is 6.18 Å². The maximum Gasteiger partial charge on any atom is 0.433 e. The highest BCUT2D eigenvalue weighted by atomic mass is 32.1. The molecule has 4 heterocycles. The van der Waals surface area contributed by atoms with Crippen molar-refractivity contribution in [3.8, 4) is 10.6 Å². The van der Waals surface area contributed by atoms with E-state index in [-0.39, 0.29) is 27.6 Å². The van der Waals surface area contributed by atoms with E-state index in [4.69, 9.17) is 5.73 Å². The number of rotatable bonds is 5. The Morgan fingerprint density at radius 1 is 1.28 bits per heavy atom. The molecule has 166 valence electrons. The number of anilines is 1. The second-order valence-corrected chi connectivity index (χ2v) is 8.99. The molecule has 4 rings (SSSR count). The zero-order valence-electron chi connectivity index (χ0n) is 16.8. The van der Waals surface area contributed by atoms with E-state index in [0.29, 0.717) is 15.8 Å². The molecular weight excluding hydrogens is 463 g/mol. The Balaban J connectivity index is 1.78. The van der Waals surface area contributed by atoms with Crippen molar-refractivity contribution < 1.29 is 22.8 Å². The van der Waals surface area contributed by atoms with Gasteiger partial charge in [-0.25, -0.2) is 9.50 Å². The van der Waals surface area contributed by atoms with Crippen LogP contribution in [0.15, 0.2) is 29.6 Å². The fourth-order valence-electron chi connectivity index (χ4n) is 3.36. The molecule has 32 heavy (non-hydrogen) atoms. The molecular formula is C20H16F3N5O2S2. The summed E-state index contributed by atoms with van der Waals surface area (Å²) in [6.45, 7) is 3.65. The molecule has 0 aromatic carbocycles. The topological polar surface area (TPSA) is 102 Å². The third-order valence-electron chi connectivity index (χ3n) is 4.76. The maximum atomic E-state index is 13.7. The minimum absolute atomic E-state index is 0.125. The number of hydrogen-bond donors (Lipinski definition) is 2. The van der Waals surface area contributed by atoms with E-state index in [1.807, 2.05) is 6.92 Å². The molecule has 4 aromatic rings. The molecule has 0 unspecified atom stereocenters. The largest absolute Gasteiger partial charge is 0.433 e. The number of aromatic nitrogens is 3. The summed E-state index contributed by atoms with van der Waals surface area (Å²) in [5.41, 5.74) is 5.06. The average molecular weight is 480 g/mol. The zero-order valence-corrected chi connectivity index (χ0v) is 18.4. The Bertz CT molecular complexity index is 1340. The average Bonchev–Trinajstić information content (AvgIpc) is 3.44. The smallest absolute Gasteiger partial charge is 0.365 e. The summed E-state index contributed by atoms with van der Waals surface area (Å²) in [5, 5.41) is 8.36. The summed E-state index contributed by atoms with van der Waals surface area (Å²) < 4.78 is 41.7. The molecule has 12 heteroatoms. The predicted molar refractivity (Wildman–Crippen MR) is 116 cm³/mol. The Morgan fingerprint density at radius 3 is 2.62 bits per heavy atom. The molecule has 0 bridgehead atoms. The zero-order chi connectivity index (χ0) is 23.2. The molecule has 7 nitrogen and oxygen atoms in total. The van der Waals surface area contributed by atoms with Gasteiger partial charge in [0.05, 0.1) is 16.1 Å². The Morgan fingerprint density at radius 2 is 2.03 bits per heavy atom. The number of nitrogens with two attached hydrogens (primary N) is 1. The molecule has 0 spiro atoms. The third kappa shape index (κ3) is 3.86. The van der Waals surface area contributed by atoms with Gasteiger partial charge in [0.25, 0.3) is 11.8 Å². The van der Waals surface area contributed by atoms with E-state index in [0.717, 1.165) is 16.5 Å². The van der Waals surface area contributed by atoms with Gasteiger partial charge in [0.15, 0.2) is 17.0 Å². The monoisotopic (exact) mass is 479 g/mol. The lowest BCUT2D eigenvalue weighted by atomic mass is 10.1. The summed E-state index contributed by atoms with van der Waals surface area (Å²) in [5.74, 6) is -1.47. The van der Waals surface area contributed by atoms with Crippen LogP contribution in [0.2, 0.25) is 0 Å². The van der Waals surface area contributed by atoms with Crippen molar-refractivity contribution in [2.75, 3.05) is 5.32 Å². The van der Waals surface area contributed by atoms with E-state index in [1.165, 1.54) is 28.7 Å². The Kier molecular flexibility index (Phi) is 5.51. The number of primary amides is 1. The summed E-state index contributed by atoms with van der Waals surface area (Å²) in [6.07, 6.45) is -4.18. The number of aryl methyl sites for hydroxylation is 1. The van der Waals surface area contributed by atoms with E-state index in [9.17, 15) is 22.8 Å². The van der Waals surface area contributed by atoms with Crippen LogP contribution in [0, 0.1) is 6.92 Å². The van der Waals surface area contributed by atoms with E-state index < -0.39 is 23.7 Å². The number of amides is 2. The number of thiophene rings is 2. The number of halogens is 3. The minimum Gasteiger partial charge on any atom is -0.365 e. The van der Waals surface area contributed by atoms with Crippen LogP contribution in [0.3, 0.4) is 0 Å². The van der Waals surface area contributed by atoms with Gasteiger partial charge in [0, 0.05) is 10.9 Å². The molecule has 0 radical (unpaired) electrons. The van der Waals surface area contributed by atoms with Crippen LogP contribution in [-0.2, 0) is 12.6 Å². The van der Waals surface area contributed by atoms with Crippen LogP contribution < -0.4 is 11.1 Å². The van der Waals surface area contributed by atoms with Crippen LogP contribution in [0.4, 0.5) is 18.2 Å². The quantitative estimate of drug-likeness (QED) is 0.431. The Hall–Kier alpha value is -3.25. The van der Waals surface area contributed by atoms with Crippen LogP contribution in [0.5, 0.6) is 0 Å². The van der Waals surface area contributed by atoms with Gasteiger partial charge in [-0.3, -0.25) is 9.59 Å². The number of nitrogens with zero attached hydrogens (tertiary/aromatic N) is 3. The van der Waals surface area contributed by atoms with Gasteiger partial charge in [-0.2, -0.15) is 18.3 Å². The van der Waals surface area contributed by atoms with Crippen molar-refractivity contribution in [3.05, 3.63) is 57.0 Å². The first-order valence-corrected chi connectivity index (χ1v) is 11.0. The first-order chi connectivity index (χ1) is 15.1. The molecule has 0 fully saturated rings. The normalized spacial score (nSPS) is 11.8. The lowest BCUT2D eigenvalue weighted by Crippen LogP contribution is -2.18. The Labute approximate surface area is 187 Å². The summed E-state index contributed by atoms with van der Waals surface area (Å²) in [4.78, 5) is 30.3. The lowest BCUT2D eigenvalue weighted by molar-refractivity contribution is -0.142. The van der Waals surface area contributed by atoms with Gasteiger partial charge in [0.2, 0.25) is 0 Å². The number of carbonyl (C=O) groups excluding carboxylic acids is 2. The number of alkyl halides is 3. The lowest BCUT2D eigenvalue weighted by Gasteiger charge is -2.10. The summed E-state index contributed by atoms with van der Waals surface area (Å²) in [7, 11) is 0. The van der Waals surface area contributed by atoms with Gasteiger partial charge in [0.1, 0.15) is 5.00 Å². The van der Waals surface area contributed by atoms with Crippen molar-refractivity contribution >= 4 is 45.1 Å². The maximum absolute atomic E-state index is 13.7. The standard InChI is InChI=1S/C20H16F3N5O2S2/c1-3-10-9(2)32-19(16(10)17(24)29)26-18(30)12-8-15-25-11(13-5-4-6-31-13)7-14(20(21,22)23)28(15)27-12/h4-8H,3H2,1-2H3,(H2,24,29)(H,26,30). The van der Waals surface area contributed by atoms with Crippen molar-refractivity contribution in [2.45, 2.75) is 26.4 Å². The number of carbonyl (C=O) groups is 2. The first-order valence-electron chi connectivity index (χ1n) is 9.35. The highest BCUT2D eigenvalue weighted by Gasteiger charge is 2.36. The van der Waals surface area contributed by atoms with Crippen LogP contribution in [-0.4, -0.2) is 26.4 Å². The predicted octanol–water partition coefficient (Wildman–Crippen LogP) is 4.76. The summed E-state index contributed by atoms with van der Waals surface area (Å²) >= 11 is 2.42. The highest BCUT2D eigenvalue weighted by Crippen LogP contribution is 2.35. The van der Waals surface area contributed by atoms with Crippen molar-refractivity contribution in [3.63, 3.8) is 0 Å². The SMILES string of the molecule is CCc1c(C)sc(NC(=O)c2cc3nc(-c4cccs4)cc(C(F)(F)F)n3n2)c1C(N)=O. The molecule has 0 aliphatic rings. The molecule has 0 saturated heterocycles. The van der Waals surface area contributed by atoms with E-state index in [1.54, 1.807) is 24.4 Å². The molecule has 0 atom stereocenters. The first kappa shape index (κ1) is 22.0. The molecule has 0 aliphatic heterocycles. The van der Waals surface area contributed by atoms with Crippen molar-refractivity contribution in [2.24, 2.45) is 5.73 Å². The molecule has 2 amide bonds.